The van der Waals surface area contributed by atoms with Gasteiger partial charge in [-0.15, -0.1) is 0 Å². The Balaban J connectivity index is 1.81. The second kappa shape index (κ2) is 7.32. The van der Waals surface area contributed by atoms with Crippen LogP contribution in [-0.2, 0) is 11.3 Å². The van der Waals surface area contributed by atoms with E-state index in [1.54, 1.807) is 18.3 Å². The first-order valence-electron chi connectivity index (χ1n) is 7.70. The highest BCUT2D eigenvalue weighted by Crippen LogP contribution is 2.23. The standard InChI is InChI=1S/C19H16N4O2/c1-13-4-6-14(7-5-13)18-16(11-22-23-18)9-15(10-20)19(24)21-12-17-3-2-8-25-17/h2-9,11H,12H2,1H3,(H,21,24)(H,22,23). The number of furan rings is 1. The topological polar surface area (TPSA) is 94.7 Å². The maximum Gasteiger partial charge on any atom is 0.262 e. The Hall–Kier alpha value is -3.59. The zero-order chi connectivity index (χ0) is 17.6. The minimum Gasteiger partial charge on any atom is -0.467 e. The Kier molecular flexibility index (Phi) is 4.77. The molecule has 6 nitrogen and oxygen atoms in total. The molecule has 6 heteroatoms. The summed E-state index contributed by atoms with van der Waals surface area (Å²) < 4.78 is 5.16. The van der Waals surface area contributed by atoms with Gasteiger partial charge in [-0.25, -0.2) is 0 Å². The molecule has 124 valence electrons. The maximum absolute atomic E-state index is 12.2. The highest BCUT2D eigenvalue weighted by Gasteiger charge is 2.12. The van der Waals surface area contributed by atoms with Crippen molar-refractivity contribution in [2.24, 2.45) is 0 Å². The number of aryl methyl sites for hydroxylation is 1. The molecule has 0 aliphatic heterocycles. The summed E-state index contributed by atoms with van der Waals surface area (Å²) in [6, 6.07) is 13.3. The van der Waals surface area contributed by atoms with Crippen LogP contribution in [0.5, 0.6) is 0 Å². The van der Waals surface area contributed by atoms with Crippen LogP contribution < -0.4 is 5.32 Å². The molecule has 3 aromatic rings. The summed E-state index contributed by atoms with van der Waals surface area (Å²) in [5, 5.41) is 18.9. The second-order valence-corrected chi connectivity index (χ2v) is 5.50. The van der Waals surface area contributed by atoms with Crippen LogP contribution >= 0.6 is 0 Å². The van der Waals surface area contributed by atoms with Gasteiger partial charge in [-0.2, -0.15) is 10.4 Å². The third-order valence-corrected chi connectivity index (χ3v) is 3.68. The predicted octanol–water partition coefficient (Wildman–Crippen LogP) is 3.20. The summed E-state index contributed by atoms with van der Waals surface area (Å²) in [7, 11) is 0. The predicted molar refractivity (Wildman–Crippen MR) is 92.9 cm³/mol. The van der Waals surface area contributed by atoms with Gasteiger partial charge in [-0.1, -0.05) is 29.8 Å². The molecule has 25 heavy (non-hydrogen) atoms. The van der Waals surface area contributed by atoms with E-state index in [4.69, 9.17) is 4.42 Å². The molecule has 3 rings (SSSR count). The molecule has 0 atom stereocenters. The zero-order valence-electron chi connectivity index (χ0n) is 13.6. The number of amides is 1. The van der Waals surface area contributed by atoms with Crippen molar-refractivity contribution in [1.82, 2.24) is 15.5 Å². The number of carbonyl (C=O) groups is 1. The van der Waals surface area contributed by atoms with Crippen LogP contribution in [0.25, 0.3) is 17.3 Å². The number of hydrogen-bond acceptors (Lipinski definition) is 4. The third-order valence-electron chi connectivity index (χ3n) is 3.68. The van der Waals surface area contributed by atoms with Crippen LogP contribution in [0.1, 0.15) is 16.9 Å². The summed E-state index contributed by atoms with van der Waals surface area (Å²) >= 11 is 0. The van der Waals surface area contributed by atoms with E-state index in [0.717, 1.165) is 16.8 Å². The van der Waals surface area contributed by atoms with Gasteiger partial charge >= 0.3 is 0 Å². The molecule has 0 aliphatic carbocycles. The Morgan fingerprint density at radius 1 is 1.36 bits per heavy atom. The minimum absolute atomic E-state index is 0.00122. The Bertz CT molecular complexity index is 929. The molecule has 0 aliphatic rings. The Labute approximate surface area is 144 Å². The lowest BCUT2D eigenvalue weighted by atomic mass is 10.0. The molecular formula is C19H16N4O2. The van der Waals surface area contributed by atoms with E-state index in [1.165, 1.54) is 12.3 Å². The van der Waals surface area contributed by atoms with Gasteiger partial charge < -0.3 is 9.73 Å². The lowest BCUT2D eigenvalue weighted by molar-refractivity contribution is -0.117. The monoisotopic (exact) mass is 332 g/mol. The molecule has 0 fully saturated rings. The number of hydrogen-bond donors (Lipinski definition) is 2. The summed E-state index contributed by atoms with van der Waals surface area (Å²) in [5.41, 5.74) is 3.51. The van der Waals surface area contributed by atoms with Gasteiger partial charge in [0.15, 0.2) is 0 Å². The molecule has 0 unspecified atom stereocenters. The molecule has 0 bridgehead atoms. The van der Waals surface area contributed by atoms with Crippen molar-refractivity contribution >= 4 is 12.0 Å². The molecule has 0 saturated carbocycles. The largest absolute Gasteiger partial charge is 0.467 e. The quantitative estimate of drug-likeness (QED) is 0.554. The van der Waals surface area contributed by atoms with E-state index in [0.29, 0.717) is 11.3 Å². The number of benzene rings is 1. The number of nitrogens with one attached hydrogen (secondary N) is 2. The van der Waals surface area contributed by atoms with Gasteiger partial charge in [0, 0.05) is 11.1 Å². The van der Waals surface area contributed by atoms with E-state index in [1.807, 2.05) is 37.3 Å². The SMILES string of the molecule is Cc1ccc(-c2[nH]ncc2C=C(C#N)C(=O)NCc2ccco2)cc1. The fourth-order valence-corrected chi connectivity index (χ4v) is 2.34. The minimum atomic E-state index is -0.463. The van der Waals surface area contributed by atoms with Crippen LogP contribution in [-0.4, -0.2) is 16.1 Å². The van der Waals surface area contributed by atoms with Crippen molar-refractivity contribution in [3.8, 4) is 17.3 Å². The van der Waals surface area contributed by atoms with Crippen LogP contribution in [0.15, 0.2) is 58.8 Å². The van der Waals surface area contributed by atoms with Crippen LogP contribution in [0, 0.1) is 18.3 Å². The van der Waals surface area contributed by atoms with E-state index in [9.17, 15) is 10.1 Å². The fourth-order valence-electron chi connectivity index (χ4n) is 2.34. The van der Waals surface area contributed by atoms with Crippen molar-refractivity contribution in [3.63, 3.8) is 0 Å². The molecule has 2 heterocycles. The fraction of sp³-hybridized carbons (Fsp3) is 0.105. The van der Waals surface area contributed by atoms with Crippen LogP contribution in [0.4, 0.5) is 0 Å². The van der Waals surface area contributed by atoms with E-state index < -0.39 is 5.91 Å². The van der Waals surface area contributed by atoms with Crippen molar-refractivity contribution < 1.29 is 9.21 Å². The van der Waals surface area contributed by atoms with E-state index in [-0.39, 0.29) is 12.1 Å². The first-order chi connectivity index (χ1) is 12.2. The van der Waals surface area contributed by atoms with Crippen molar-refractivity contribution in [2.75, 3.05) is 0 Å². The summed E-state index contributed by atoms with van der Waals surface area (Å²) in [4.78, 5) is 12.2. The van der Waals surface area contributed by atoms with E-state index >= 15 is 0 Å². The first kappa shape index (κ1) is 16.3. The summed E-state index contributed by atoms with van der Waals surface area (Å²) in [6.07, 6.45) is 4.64. The van der Waals surface area contributed by atoms with Gasteiger partial charge in [0.1, 0.15) is 17.4 Å². The number of rotatable bonds is 5. The van der Waals surface area contributed by atoms with Gasteiger partial charge in [-0.3, -0.25) is 9.89 Å². The number of nitriles is 1. The first-order valence-corrected chi connectivity index (χ1v) is 7.70. The average Bonchev–Trinajstić information content (AvgIpc) is 3.30. The molecular weight excluding hydrogens is 316 g/mol. The van der Waals surface area contributed by atoms with Crippen molar-refractivity contribution in [2.45, 2.75) is 13.5 Å². The van der Waals surface area contributed by atoms with Gasteiger partial charge in [0.2, 0.25) is 0 Å². The smallest absolute Gasteiger partial charge is 0.262 e. The Morgan fingerprint density at radius 2 is 2.16 bits per heavy atom. The zero-order valence-corrected chi connectivity index (χ0v) is 13.6. The molecule has 2 N–H and O–H groups in total. The Morgan fingerprint density at radius 3 is 2.84 bits per heavy atom. The molecule has 2 aromatic heterocycles. The molecule has 0 radical (unpaired) electrons. The normalized spacial score (nSPS) is 11.1. The van der Waals surface area contributed by atoms with E-state index in [2.05, 4.69) is 15.5 Å². The number of carbonyl (C=O) groups excluding carboxylic acids is 1. The van der Waals surface area contributed by atoms with Gasteiger partial charge in [0.25, 0.3) is 5.91 Å². The third kappa shape index (κ3) is 3.85. The molecule has 0 saturated heterocycles. The highest BCUT2D eigenvalue weighted by molar-refractivity contribution is 6.02. The van der Waals surface area contributed by atoms with Crippen molar-refractivity contribution in [3.05, 3.63) is 71.3 Å². The lowest BCUT2D eigenvalue weighted by Gasteiger charge is -2.03. The lowest BCUT2D eigenvalue weighted by Crippen LogP contribution is -2.23. The number of aromatic nitrogens is 2. The number of H-pyrrole nitrogens is 1. The maximum atomic E-state index is 12.2. The van der Waals surface area contributed by atoms with Crippen LogP contribution in [0.2, 0.25) is 0 Å². The second-order valence-electron chi connectivity index (χ2n) is 5.50. The van der Waals surface area contributed by atoms with Gasteiger partial charge in [-0.05, 0) is 25.1 Å². The summed E-state index contributed by atoms with van der Waals surface area (Å²) in [5.74, 6) is 0.157. The highest BCUT2D eigenvalue weighted by atomic mass is 16.3. The van der Waals surface area contributed by atoms with Gasteiger partial charge in [0.05, 0.1) is 24.7 Å². The molecule has 0 spiro atoms. The van der Waals surface area contributed by atoms with Crippen LogP contribution in [0.3, 0.4) is 0 Å². The number of nitrogens with zero attached hydrogens (tertiary/aromatic N) is 2. The van der Waals surface area contributed by atoms with Crippen molar-refractivity contribution in [1.29, 1.82) is 5.26 Å². The molecule has 1 amide bonds. The molecule has 1 aromatic carbocycles. The summed E-state index contributed by atoms with van der Waals surface area (Å²) in [6.45, 7) is 2.23. The average molecular weight is 332 g/mol. The number of aromatic amines is 1.